The van der Waals surface area contributed by atoms with Crippen LogP contribution < -0.4 is 5.32 Å². The number of nitro groups is 1. The molecule has 1 atom stereocenters. The van der Waals surface area contributed by atoms with Crippen molar-refractivity contribution in [2.45, 2.75) is 31.8 Å². The number of aromatic nitrogens is 2. The summed E-state index contributed by atoms with van der Waals surface area (Å²) in [5.41, 5.74) is 2.06. The lowest BCUT2D eigenvalue weighted by Gasteiger charge is -2.13. The third-order valence-electron chi connectivity index (χ3n) is 3.84. The number of hydrogen-bond donors (Lipinski definition) is 1. The Balaban J connectivity index is 1.85. The van der Waals surface area contributed by atoms with Crippen LogP contribution in [0.3, 0.4) is 0 Å². The maximum absolute atomic E-state index is 12.2. The summed E-state index contributed by atoms with van der Waals surface area (Å²) in [5.74, 6) is -1.01. The van der Waals surface area contributed by atoms with Gasteiger partial charge in [0.25, 0.3) is 11.6 Å². The monoisotopic (exact) mass is 392 g/mol. The molecule has 10 heteroatoms. The molecule has 0 saturated carbocycles. The first-order valence-corrected chi connectivity index (χ1v) is 9.05. The van der Waals surface area contributed by atoms with Gasteiger partial charge in [-0.25, -0.2) is 0 Å². The van der Waals surface area contributed by atoms with E-state index in [-0.39, 0.29) is 11.4 Å². The summed E-state index contributed by atoms with van der Waals surface area (Å²) < 4.78 is 6.80. The Hall–Kier alpha value is -2.88. The molecule has 2 aromatic rings. The number of rotatable bonds is 7. The summed E-state index contributed by atoms with van der Waals surface area (Å²) in [7, 11) is 1.77. The zero-order chi connectivity index (χ0) is 20.1. The molecule has 0 spiro atoms. The molecule has 1 aromatic heterocycles. The van der Waals surface area contributed by atoms with Gasteiger partial charge in [0.05, 0.1) is 27.8 Å². The standard InChI is InChI=1S/C17H20N4O5S/c1-10-16(11(2)20(4)19-10)18-17(23)12(3)26-15(22)9-27-14-7-5-13(6-8-14)21(24)25/h5-8,12H,9H2,1-4H3,(H,18,23)/t12-/m1/s1. The van der Waals surface area contributed by atoms with Crippen molar-refractivity contribution in [3.8, 4) is 0 Å². The van der Waals surface area contributed by atoms with Crippen molar-refractivity contribution in [2.24, 2.45) is 7.05 Å². The quantitative estimate of drug-likeness (QED) is 0.333. The maximum atomic E-state index is 12.2. The fraction of sp³-hybridized carbons (Fsp3) is 0.353. The molecule has 0 radical (unpaired) electrons. The number of non-ortho nitro benzene ring substituents is 1. The Morgan fingerprint density at radius 2 is 1.96 bits per heavy atom. The second-order valence-electron chi connectivity index (χ2n) is 5.83. The van der Waals surface area contributed by atoms with Crippen LogP contribution in [0, 0.1) is 24.0 Å². The Morgan fingerprint density at radius 1 is 1.33 bits per heavy atom. The number of amides is 1. The van der Waals surface area contributed by atoms with Crippen LogP contribution in [0.25, 0.3) is 0 Å². The highest BCUT2D eigenvalue weighted by Crippen LogP contribution is 2.22. The molecule has 1 heterocycles. The Labute approximate surface area is 160 Å². The summed E-state index contributed by atoms with van der Waals surface area (Å²) >= 11 is 1.17. The number of esters is 1. The Bertz CT molecular complexity index is 863. The first-order chi connectivity index (χ1) is 12.7. The van der Waals surface area contributed by atoms with Gasteiger partial charge in [0.2, 0.25) is 0 Å². The molecule has 0 bridgehead atoms. The number of ether oxygens (including phenoxy) is 1. The third-order valence-corrected chi connectivity index (χ3v) is 4.82. The van der Waals surface area contributed by atoms with E-state index in [1.54, 1.807) is 30.8 Å². The van der Waals surface area contributed by atoms with Gasteiger partial charge < -0.3 is 10.1 Å². The lowest BCUT2D eigenvalue weighted by atomic mass is 10.3. The fourth-order valence-corrected chi connectivity index (χ4v) is 2.95. The number of hydrogen-bond acceptors (Lipinski definition) is 7. The zero-order valence-corrected chi connectivity index (χ0v) is 16.2. The molecule has 0 saturated heterocycles. The number of aryl methyl sites for hydroxylation is 2. The average molecular weight is 392 g/mol. The summed E-state index contributed by atoms with van der Waals surface area (Å²) in [6, 6.07) is 5.84. The molecule has 27 heavy (non-hydrogen) atoms. The van der Waals surface area contributed by atoms with Crippen LogP contribution in [0.15, 0.2) is 29.2 Å². The molecule has 0 aliphatic heterocycles. The van der Waals surface area contributed by atoms with Crippen molar-refractivity contribution in [3.05, 3.63) is 45.8 Å². The summed E-state index contributed by atoms with van der Waals surface area (Å²) in [6.07, 6.45) is -0.964. The number of nitrogens with zero attached hydrogens (tertiary/aromatic N) is 3. The minimum Gasteiger partial charge on any atom is -0.452 e. The first kappa shape index (κ1) is 20.4. The SMILES string of the molecule is Cc1nn(C)c(C)c1NC(=O)[C@@H](C)OC(=O)CSc1ccc([N+](=O)[O-])cc1. The van der Waals surface area contributed by atoms with Crippen LogP contribution >= 0.6 is 11.8 Å². The molecule has 0 fully saturated rings. The molecule has 0 aliphatic rings. The van der Waals surface area contributed by atoms with Gasteiger partial charge in [-0.15, -0.1) is 11.8 Å². The van der Waals surface area contributed by atoms with E-state index in [0.717, 1.165) is 5.69 Å². The van der Waals surface area contributed by atoms with E-state index in [9.17, 15) is 19.7 Å². The van der Waals surface area contributed by atoms with Crippen LogP contribution in [0.5, 0.6) is 0 Å². The number of thioether (sulfide) groups is 1. The van der Waals surface area contributed by atoms with Crippen LogP contribution in [-0.4, -0.2) is 38.4 Å². The minimum absolute atomic E-state index is 0.0135. The second kappa shape index (κ2) is 8.67. The zero-order valence-electron chi connectivity index (χ0n) is 15.4. The van der Waals surface area contributed by atoms with E-state index in [1.807, 2.05) is 6.92 Å². The Kier molecular flexibility index (Phi) is 6.56. The molecule has 1 aromatic carbocycles. The molecular formula is C17H20N4O5S. The fourth-order valence-electron chi connectivity index (χ4n) is 2.27. The predicted octanol–water partition coefficient (Wildman–Crippen LogP) is 2.61. The number of benzene rings is 1. The predicted molar refractivity (Wildman–Crippen MR) is 101 cm³/mol. The number of nitrogens with one attached hydrogen (secondary N) is 1. The molecule has 144 valence electrons. The van der Waals surface area contributed by atoms with Crippen LogP contribution in [0.2, 0.25) is 0 Å². The number of anilines is 1. The molecular weight excluding hydrogens is 372 g/mol. The van der Waals surface area contributed by atoms with Crippen molar-refractivity contribution in [1.29, 1.82) is 0 Å². The van der Waals surface area contributed by atoms with Gasteiger partial charge >= 0.3 is 5.97 Å². The highest BCUT2D eigenvalue weighted by atomic mass is 32.2. The smallest absolute Gasteiger partial charge is 0.317 e. The van der Waals surface area contributed by atoms with E-state index < -0.39 is 22.9 Å². The number of carbonyl (C=O) groups is 2. The topological polar surface area (TPSA) is 116 Å². The van der Waals surface area contributed by atoms with E-state index in [1.165, 1.54) is 30.8 Å². The van der Waals surface area contributed by atoms with Crippen LogP contribution in [0.1, 0.15) is 18.3 Å². The van der Waals surface area contributed by atoms with Crippen molar-refractivity contribution < 1.29 is 19.2 Å². The average Bonchev–Trinajstić information content (AvgIpc) is 2.86. The highest BCUT2D eigenvalue weighted by molar-refractivity contribution is 8.00. The van der Waals surface area contributed by atoms with E-state index in [2.05, 4.69) is 10.4 Å². The van der Waals surface area contributed by atoms with E-state index in [0.29, 0.717) is 16.3 Å². The highest BCUT2D eigenvalue weighted by Gasteiger charge is 2.21. The largest absolute Gasteiger partial charge is 0.452 e. The van der Waals surface area contributed by atoms with Crippen molar-refractivity contribution in [1.82, 2.24) is 9.78 Å². The number of carbonyl (C=O) groups excluding carboxylic acids is 2. The molecule has 1 amide bonds. The molecule has 2 rings (SSSR count). The number of nitro benzene ring substituents is 1. The van der Waals surface area contributed by atoms with Gasteiger partial charge in [-0.05, 0) is 32.9 Å². The van der Waals surface area contributed by atoms with Crippen molar-refractivity contribution in [3.63, 3.8) is 0 Å². The minimum atomic E-state index is -0.964. The summed E-state index contributed by atoms with van der Waals surface area (Å²) in [4.78, 5) is 35.0. The molecule has 0 aliphatic carbocycles. The molecule has 0 unspecified atom stereocenters. The summed E-state index contributed by atoms with van der Waals surface area (Å²) in [6.45, 7) is 5.10. The normalized spacial score (nSPS) is 11.7. The lowest BCUT2D eigenvalue weighted by molar-refractivity contribution is -0.384. The molecule has 9 nitrogen and oxygen atoms in total. The second-order valence-corrected chi connectivity index (χ2v) is 6.88. The van der Waals surface area contributed by atoms with Gasteiger partial charge in [-0.2, -0.15) is 5.10 Å². The van der Waals surface area contributed by atoms with Gasteiger partial charge in [-0.1, -0.05) is 0 Å². The summed E-state index contributed by atoms with van der Waals surface area (Å²) in [5, 5.41) is 17.6. The van der Waals surface area contributed by atoms with Crippen molar-refractivity contribution >= 4 is 35.0 Å². The van der Waals surface area contributed by atoms with Gasteiger partial charge in [0.1, 0.15) is 0 Å². The first-order valence-electron chi connectivity index (χ1n) is 8.07. The third kappa shape index (κ3) is 5.30. The van der Waals surface area contributed by atoms with Crippen molar-refractivity contribution in [2.75, 3.05) is 11.1 Å². The van der Waals surface area contributed by atoms with Gasteiger partial charge in [0.15, 0.2) is 6.10 Å². The van der Waals surface area contributed by atoms with E-state index >= 15 is 0 Å². The van der Waals surface area contributed by atoms with E-state index in [4.69, 9.17) is 4.74 Å². The van der Waals surface area contributed by atoms with Gasteiger partial charge in [0, 0.05) is 24.1 Å². The van der Waals surface area contributed by atoms with Gasteiger partial charge in [-0.3, -0.25) is 24.4 Å². The van der Waals surface area contributed by atoms with Crippen LogP contribution in [-0.2, 0) is 21.4 Å². The molecule has 1 N–H and O–H groups in total. The Morgan fingerprint density at radius 3 is 2.48 bits per heavy atom. The van der Waals surface area contributed by atoms with Crippen LogP contribution in [0.4, 0.5) is 11.4 Å². The maximum Gasteiger partial charge on any atom is 0.317 e. The lowest BCUT2D eigenvalue weighted by Crippen LogP contribution is -2.30.